The lowest BCUT2D eigenvalue weighted by atomic mass is 10.2. The normalized spacial score (nSPS) is 10.3. The minimum Gasteiger partial charge on any atom is -0.462 e. The molecule has 0 aliphatic heterocycles. The summed E-state index contributed by atoms with van der Waals surface area (Å²) >= 11 is 0. The third kappa shape index (κ3) is 5.35. The summed E-state index contributed by atoms with van der Waals surface area (Å²) in [6.45, 7) is 2.10. The Morgan fingerprint density at radius 3 is 2.55 bits per heavy atom. The van der Waals surface area contributed by atoms with E-state index in [1.807, 2.05) is 0 Å². The number of aromatic nitrogens is 2. The van der Waals surface area contributed by atoms with Crippen LogP contribution in [0.2, 0.25) is 0 Å². The summed E-state index contributed by atoms with van der Waals surface area (Å²) in [6.07, 6.45) is 1.26. The predicted octanol–water partition coefficient (Wildman–Crippen LogP) is 3.47. The van der Waals surface area contributed by atoms with Crippen LogP contribution in [0, 0.1) is 5.82 Å². The average molecular weight is 394 g/mol. The first-order valence-electron chi connectivity index (χ1n) is 8.94. The summed E-state index contributed by atoms with van der Waals surface area (Å²) in [6, 6.07) is 14.4. The Morgan fingerprint density at radius 2 is 1.83 bits per heavy atom. The van der Waals surface area contributed by atoms with Crippen LogP contribution in [-0.2, 0) is 11.3 Å². The fourth-order valence-corrected chi connectivity index (χ4v) is 2.51. The molecule has 0 radical (unpaired) electrons. The van der Waals surface area contributed by atoms with Crippen molar-refractivity contribution in [2.45, 2.75) is 13.5 Å². The van der Waals surface area contributed by atoms with Gasteiger partial charge in [0.2, 0.25) is 0 Å². The van der Waals surface area contributed by atoms with Crippen molar-refractivity contribution in [2.24, 2.45) is 0 Å². The SMILES string of the molecule is CCOC(=O)c1ccc(Nc2cc(C(=O)NCc3ccccc3F)ncn2)cc1. The van der Waals surface area contributed by atoms with Gasteiger partial charge >= 0.3 is 5.97 Å². The van der Waals surface area contributed by atoms with Crippen LogP contribution in [0.25, 0.3) is 0 Å². The van der Waals surface area contributed by atoms with Crippen molar-refractivity contribution in [2.75, 3.05) is 11.9 Å². The highest BCUT2D eigenvalue weighted by atomic mass is 19.1. The number of amides is 1. The Bertz CT molecular complexity index is 1010. The zero-order chi connectivity index (χ0) is 20.6. The molecule has 0 saturated heterocycles. The molecule has 1 aromatic heterocycles. The zero-order valence-corrected chi connectivity index (χ0v) is 15.7. The van der Waals surface area contributed by atoms with E-state index in [0.717, 1.165) is 0 Å². The van der Waals surface area contributed by atoms with E-state index < -0.39 is 11.9 Å². The fraction of sp³-hybridized carbons (Fsp3) is 0.143. The second kappa shape index (κ2) is 9.41. The van der Waals surface area contributed by atoms with Crippen molar-refractivity contribution < 1.29 is 18.7 Å². The van der Waals surface area contributed by atoms with E-state index in [1.54, 1.807) is 49.4 Å². The monoisotopic (exact) mass is 394 g/mol. The largest absolute Gasteiger partial charge is 0.462 e. The van der Waals surface area contributed by atoms with Gasteiger partial charge < -0.3 is 15.4 Å². The van der Waals surface area contributed by atoms with Gasteiger partial charge in [-0.1, -0.05) is 18.2 Å². The number of hydrogen-bond acceptors (Lipinski definition) is 6. The van der Waals surface area contributed by atoms with E-state index >= 15 is 0 Å². The molecule has 0 fully saturated rings. The molecular weight excluding hydrogens is 375 g/mol. The minimum absolute atomic E-state index is 0.0492. The minimum atomic E-state index is -0.448. The van der Waals surface area contributed by atoms with Crippen molar-refractivity contribution in [1.82, 2.24) is 15.3 Å². The number of benzene rings is 2. The van der Waals surface area contributed by atoms with Crippen molar-refractivity contribution in [1.29, 1.82) is 0 Å². The lowest BCUT2D eigenvalue weighted by Gasteiger charge is -2.09. The number of halogens is 1. The van der Waals surface area contributed by atoms with Crippen LogP contribution in [0.15, 0.2) is 60.9 Å². The van der Waals surface area contributed by atoms with Gasteiger partial charge in [0.1, 0.15) is 23.7 Å². The topological polar surface area (TPSA) is 93.2 Å². The molecule has 0 aliphatic rings. The third-order valence-corrected chi connectivity index (χ3v) is 3.97. The molecule has 3 aromatic rings. The number of carbonyl (C=O) groups is 2. The van der Waals surface area contributed by atoms with Crippen LogP contribution in [0.1, 0.15) is 33.3 Å². The maximum atomic E-state index is 13.7. The number of rotatable bonds is 7. The highest BCUT2D eigenvalue weighted by Crippen LogP contribution is 2.16. The van der Waals surface area contributed by atoms with Gasteiger partial charge in [0.25, 0.3) is 5.91 Å². The summed E-state index contributed by atoms with van der Waals surface area (Å²) in [4.78, 5) is 32.0. The van der Waals surface area contributed by atoms with Crippen molar-refractivity contribution in [3.05, 3.63) is 83.6 Å². The molecule has 1 amide bonds. The van der Waals surface area contributed by atoms with E-state index in [-0.39, 0.29) is 18.1 Å². The second-order valence-electron chi connectivity index (χ2n) is 5.99. The third-order valence-electron chi connectivity index (χ3n) is 3.97. The predicted molar refractivity (Wildman–Crippen MR) is 105 cm³/mol. The number of hydrogen-bond donors (Lipinski definition) is 2. The molecule has 3 rings (SSSR count). The van der Waals surface area contributed by atoms with Crippen LogP contribution in [-0.4, -0.2) is 28.5 Å². The molecule has 0 spiro atoms. The van der Waals surface area contributed by atoms with E-state index in [9.17, 15) is 14.0 Å². The Morgan fingerprint density at radius 1 is 1.07 bits per heavy atom. The van der Waals surface area contributed by atoms with Crippen molar-refractivity contribution >= 4 is 23.4 Å². The summed E-state index contributed by atoms with van der Waals surface area (Å²) in [5.74, 6) is -0.824. The summed E-state index contributed by atoms with van der Waals surface area (Å²) in [5.41, 5.74) is 1.64. The van der Waals surface area contributed by atoms with E-state index in [1.165, 1.54) is 18.5 Å². The molecule has 29 heavy (non-hydrogen) atoms. The smallest absolute Gasteiger partial charge is 0.338 e. The van der Waals surface area contributed by atoms with Gasteiger partial charge in [-0.15, -0.1) is 0 Å². The second-order valence-corrected chi connectivity index (χ2v) is 5.99. The highest BCUT2D eigenvalue weighted by Gasteiger charge is 2.11. The molecule has 7 nitrogen and oxygen atoms in total. The van der Waals surface area contributed by atoms with Crippen molar-refractivity contribution in [3.63, 3.8) is 0 Å². The molecule has 0 aliphatic carbocycles. The number of carbonyl (C=O) groups excluding carboxylic acids is 2. The number of nitrogens with zero attached hydrogens (tertiary/aromatic N) is 2. The molecule has 0 bridgehead atoms. The van der Waals surface area contributed by atoms with Crippen LogP contribution in [0.3, 0.4) is 0 Å². The molecule has 2 aromatic carbocycles. The van der Waals surface area contributed by atoms with Gasteiger partial charge in [0.15, 0.2) is 0 Å². The molecular formula is C21H19FN4O3. The number of nitrogens with one attached hydrogen (secondary N) is 2. The van der Waals surface area contributed by atoms with E-state index in [0.29, 0.717) is 29.2 Å². The molecule has 1 heterocycles. The van der Waals surface area contributed by atoms with Crippen LogP contribution in [0.5, 0.6) is 0 Å². The maximum absolute atomic E-state index is 13.7. The average Bonchev–Trinajstić information content (AvgIpc) is 2.74. The first kappa shape index (κ1) is 19.9. The molecule has 0 atom stereocenters. The summed E-state index contributed by atoms with van der Waals surface area (Å²) < 4.78 is 18.6. The standard InChI is InChI=1S/C21H19FN4O3/c1-2-29-21(28)14-7-9-16(10-8-14)26-19-11-18(24-13-25-19)20(27)23-12-15-5-3-4-6-17(15)22/h3-11,13H,2,12H2,1H3,(H,23,27)(H,24,25,26). The Hall–Kier alpha value is -3.81. The van der Waals surface area contributed by atoms with Gasteiger partial charge in [0.05, 0.1) is 12.2 Å². The zero-order valence-electron chi connectivity index (χ0n) is 15.7. The lowest BCUT2D eigenvalue weighted by molar-refractivity contribution is 0.0526. The van der Waals surface area contributed by atoms with E-state index in [2.05, 4.69) is 20.6 Å². The van der Waals surface area contributed by atoms with Gasteiger partial charge in [-0.25, -0.2) is 19.2 Å². The molecule has 0 unspecified atom stereocenters. The molecule has 0 saturated carbocycles. The van der Waals surface area contributed by atoms with Gasteiger partial charge in [-0.05, 0) is 37.3 Å². The highest BCUT2D eigenvalue weighted by molar-refractivity contribution is 5.93. The number of ether oxygens (including phenoxy) is 1. The van der Waals surface area contributed by atoms with Gasteiger partial charge in [0, 0.05) is 23.9 Å². The van der Waals surface area contributed by atoms with Crippen LogP contribution in [0.4, 0.5) is 15.9 Å². The van der Waals surface area contributed by atoms with Crippen LogP contribution >= 0.6 is 0 Å². The summed E-state index contributed by atoms with van der Waals surface area (Å²) in [5, 5.41) is 5.67. The Labute approximate surface area is 167 Å². The first-order chi connectivity index (χ1) is 14.1. The number of anilines is 2. The van der Waals surface area contributed by atoms with Gasteiger partial charge in [-0.2, -0.15) is 0 Å². The molecule has 2 N–H and O–H groups in total. The van der Waals surface area contributed by atoms with Crippen molar-refractivity contribution in [3.8, 4) is 0 Å². The number of esters is 1. The first-order valence-corrected chi connectivity index (χ1v) is 8.94. The Balaban J connectivity index is 1.64. The summed E-state index contributed by atoms with van der Waals surface area (Å²) in [7, 11) is 0. The molecule has 8 heteroatoms. The lowest BCUT2D eigenvalue weighted by Crippen LogP contribution is -2.24. The van der Waals surface area contributed by atoms with Gasteiger partial charge in [-0.3, -0.25) is 4.79 Å². The fourth-order valence-electron chi connectivity index (χ4n) is 2.51. The Kier molecular flexibility index (Phi) is 6.47. The quantitative estimate of drug-likeness (QED) is 0.596. The van der Waals surface area contributed by atoms with E-state index in [4.69, 9.17) is 4.74 Å². The van der Waals surface area contributed by atoms with Crippen LogP contribution < -0.4 is 10.6 Å². The molecule has 148 valence electrons. The maximum Gasteiger partial charge on any atom is 0.338 e.